The fourth-order valence-electron chi connectivity index (χ4n) is 4.43. The Morgan fingerprint density at radius 3 is 2.54 bits per heavy atom. The Balaban J connectivity index is 1.59. The fourth-order valence-corrected chi connectivity index (χ4v) is 5.93. The Labute approximate surface area is 234 Å². The first-order valence-corrected chi connectivity index (χ1v) is 14.4. The van der Waals surface area contributed by atoms with Crippen molar-refractivity contribution >= 4 is 38.4 Å². The van der Waals surface area contributed by atoms with Crippen molar-refractivity contribution in [1.82, 2.24) is 20.2 Å². The Kier molecular flexibility index (Phi) is 8.77. The molecular formula is C27H28F3N5O5S. The number of anilines is 1. The molecule has 1 aliphatic rings. The molecule has 4 rings (SSSR count). The number of nitrogens with zero attached hydrogens (tertiary/aromatic N) is 2. The van der Waals surface area contributed by atoms with E-state index in [0.717, 1.165) is 10.9 Å². The van der Waals surface area contributed by atoms with Crippen LogP contribution in [0.5, 0.6) is 5.75 Å². The van der Waals surface area contributed by atoms with Crippen molar-refractivity contribution in [3.05, 3.63) is 53.3 Å². The summed E-state index contributed by atoms with van der Waals surface area (Å²) < 4.78 is 69.3. The van der Waals surface area contributed by atoms with Crippen molar-refractivity contribution in [1.29, 1.82) is 0 Å². The van der Waals surface area contributed by atoms with Crippen LogP contribution in [0.15, 0.2) is 36.7 Å². The summed E-state index contributed by atoms with van der Waals surface area (Å²) in [4.78, 5) is 29.1. The third kappa shape index (κ3) is 7.49. The number of aromatic nitrogens is 2. The number of alkyl halides is 3. The van der Waals surface area contributed by atoms with Gasteiger partial charge in [0.15, 0.2) is 0 Å². The Bertz CT molecular complexity index is 1630. The minimum atomic E-state index is -4.51. The van der Waals surface area contributed by atoms with E-state index in [0.29, 0.717) is 22.6 Å². The van der Waals surface area contributed by atoms with Crippen molar-refractivity contribution in [3.8, 4) is 17.6 Å². The van der Waals surface area contributed by atoms with Crippen LogP contribution in [-0.2, 0) is 16.4 Å². The first-order chi connectivity index (χ1) is 19.4. The molecule has 0 bridgehead atoms. The van der Waals surface area contributed by atoms with Crippen molar-refractivity contribution in [3.63, 3.8) is 0 Å². The van der Waals surface area contributed by atoms with Crippen LogP contribution in [0.25, 0.3) is 11.0 Å². The molecule has 2 aromatic carbocycles. The number of carbonyl (C=O) groups excluding carboxylic acids is 2. The molecular weight excluding hydrogens is 563 g/mol. The molecule has 2 heterocycles. The maximum absolute atomic E-state index is 13.2. The Morgan fingerprint density at radius 1 is 1.15 bits per heavy atom. The van der Waals surface area contributed by atoms with E-state index >= 15 is 0 Å². The lowest BCUT2D eigenvalue weighted by molar-refractivity contribution is -0.139. The molecule has 0 radical (unpaired) electrons. The predicted molar refractivity (Wildman–Crippen MR) is 147 cm³/mol. The number of nitrogens with one attached hydrogen (secondary N) is 3. The largest absolute Gasteiger partial charge is 0.495 e. The van der Waals surface area contributed by atoms with Crippen molar-refractivity contribution < 1.29 is 35.9 Å². The van der Waals surface area contributed by atoms with E-state index in [-0.39, 0.29) is 59.4 Å². The van der Waals surface area contributed by atoms with Crippen LogP contribution in [-0.4, -0.2) is 74.2 Å². The lowest BCUT2D eigenvalue weighted by atomic mass is 10.1. The number of rotatable bonds is 7. The predicted octanol–water partition coefficient (Wildman–Crippen LogP) is 2.74. The van der Waals surface area contributed by atoms with Gasteiger partial charge in [-0.25, -0.2) is 13.4 Å². The molecule has 1 fully saturated rings. The van der Waals surface area contributed by atoms with Gasteiger partial charge in [0.25, 0.3) is 11.8 Å². The second-order valence-corrected chi connectivity index (χ2v) is 11.7. The molecule has 3 aromatic rings. The smallest absolute Gasteiger partial charge is 0.406 e. The maximum Gasteiger partial charge on any atom is 0.406 e. The average molecular weight is 592 g/mol. The van der Waals surface area contributed by atoms with Gasteiger partial charge in [-0.15, -0.1) is 0 Å². The van der Waals surface area contributed by atoms with E-state index in [2.05, 4.69) is 32.8 Å². The standard InChI is InChI=1S/C27H28F3N5O5S/c1-31-25(36)18-5-6-21(23(14-18)40-2)32-9-3-4-17-12-20(26(37)34-19-7-10-41(38,39)11-8-19)24-22(13-17)35(16-33-24)15-27(28,29)30/h5-6,12-14,16,19,32H,7-11,15H2,1-2H3,(H,31,36)(H,34,37). The molecule has 0 unspecified atom stereocenters. The molecule has 0 aliphatic carbocycles. The van der Waals surface area contributed by atoms with Crippen molar-refractivity contribution in [2.45, 2.75) is 31.6 Å². The molecule has 14 heteroatoms. The Morgan fingerprint density at radius 2 is 1.88 bits per heavy atom. The second kappa shape index (κ2) is 12.1. The molecule has 10 nitrogen and oxygen atoms in total. The molecule has 41 heavy (non-hydrogen) atoms. The first kappa shape index (κ1) is 29.7. The normalized spacial score (nSPS) is 15.0. The highest BCUT2D eigenvalue weighted by Gasteiger charge is 2.30. The fraction of sp³-hybridized carbons (Fsp3) is 0.370. The molecule has 1 aliphatic heterocycles. The highest BCUT2D eigenvalue weighted by molar-refractivity contribution is 7.91. The van der Waals surface area contributed by atoms with Gasteiger partial charge in [0.2, 0.25) is 0 Å². The molecule has 218 valence electrons. The number of methoxy groups -OCH3 is 1. The summed E-state index contributed by atoms with van der Waals surface area (Å²) in [6, 6.07) is 7.34. The van der Waals surface area contributed by atoms with E-state index in [1.165, 1.54) is 26.3 Å². The topological polar surface area (TPSA) is 131 Å². The van der Waals surface area contributed by atoms with Gasteiger partial charge in [-0.05, 0) is 43.2 Å². The quantitative estimate of drug-likeness (QED) is 0.360. The summed E-state index contributed by atoms with van der Waals surface area (Å²) in [5.74, 6) is 5.23. The lowest BCUT2D eigenvalue weighted by Gasteiger charge is -2.23. The third-order valence-corrected chi connectivity index (χ3v) is 8.22. The number of hydrogen-bond acceptors (Lipinski definition) is 7. The number of carbonyl (C=O) groups is 2. The summed E-state index contributed by atoms with van der Waals surface area (Å²) in [6.07, 6.45) is -2.99. The van der Waals surface area contributed by atoms with Gasteiger partial charge in [0, 0.05) is 24.2 Å². The van der Waals surface area contributed by atoms with Crippen LogP contribution in [0.2, 0.25) is 0 Å². The highest BCUT2D eigenvalue weighted by Crippen LogP contribution is 2.26. The number of fused-ring (bicyclic) bond motifs is 1. The van der Waals surface area contributed by atoms with Crippen LogP contribution < -0.4 is 20.7 Å². The zero-order chi connectivity index (χ0) is 29.8. The van der Waals surface area contributed by atoms with Gasteiger partial charge in [-0.3, -0.25) is 9.59 Å². The lowest BCUT2D eigenvalue weighted by Crippen LogP contribution is -2.40. The number of ether oxygens (including phenoxy) is 1. The van der Waals surface area contributed by atoms with E-state index in [4.69, 9.17) is 4.74 Å². The zero-order valence-corrected chi connectivity index (χ0v) is 23.1. The second-order valence-electron chi connectivity index (χ2n) is 9.43. The van der Waals surface area contributed by atoms with Gasteiger partial charge in [0.1, 0.15) is 27.6 Å². The molecule has 2 amide bonds. The first-order valence-electron chi connectivity index (χ1n) is 12.6. The number of amides is 2. The van der Waals surface area contributed by atoms with Gasteiger partial charge in [-0.2, -0.15) is 13.2 Å². The summed E-state index contributed by atoms with van der Waals surface area (Å²) in [7, 11) is -0.168. The minimum absolute atomic E-state index is 0.0422. The summed E-state index contributed by atoms with van der Waals surface area (Å²) in [5, 5.41) is 8.39. The Hall–Kier alpha value is -4.25. The van der Waals surface area contributed by atoms with Crippen molar-refractivity contribution in [2.24, 2.45) is 0 Å². The SMILES string of the molecule is CNC(=O)c1ccc(NCC#Cc2cc(C(=O)NC3CCS(=O)(=O)CC3)c3ncn(CC(F)(F)F)c3c2)c(OC)c1. The number of hydrogen-bond donors (Lipinski definition) is 3. The van der Waals surface area contributed by atoms with Crippen LogP contribution in [0.3, 0.4) is 0 Å². The third-order valence-electron chi connectivity index (χ3n) is 6.50. The van der Waals surface area contributed by atoms with Gasteiger partial charge in [-0.1, -0.05) is 11.8 Å². The van der Waals surface area contributed by atoms with Crippen LogP contribution in [0.1, 0.15) is 39.1 Å². The number of benzene rings is 2. The van der Waals surface area contributed by atoms with Crippen LogP contribution in [0, 0.1) is 11.8 Å². The average Bonchev–Trinajstić information content (AvgIpc) is 3.32. The minimum Gasteiger partial charge on any atom is -0.495 e. The van der Waals surface area contributed by atoms with Crippen LogP contribution >= 0.6 is 0 Å². The molecule has 1 aromatic heterocycles. The number of sulfone groups is 1. The van der Waals surface area contributed by atoms with Crippen LogP contribution in [0.4, 0.5) is 18.9 Å². The molecule has 0 spiro atoms. The number of imidazole rings is 1. The highest BCUT2D eigenvalue weighted by atomic mass is 32.2. The van der Waals surface area contributed by atoms with Gasteiger partial charge < -0.3 is 25.3 Å². The van der Waals surface area contributed by atoms with E-state index in [1.54, 1.807) is 18.2 Å². The summed E-state index contributed by atoms with van der Waals surface area (Å²) in [5.41, 5.74) is 1.49. The van der Waals surface area contributed by atoms with Crippen molar-refractivity contribution in [2.75, 3.05) is 37.5 Å². The van der Waals surface area contributed by atoms with Gasteiger partial charge in [0.05, 0.1) is 48.3 Å². The van der Waals surface area contributed by atoms with E-state index in [9.17, 15) is 31.2 Å². The van der Waals surface area contributed by atoms with E-state index < -0.39 is 28.5 Å². The molecule has 0 atom stereocenters. The van der Waals surface area contributed by atoms with Gasteiger partial charge >= 0.3 is 6.18 Å². The zero-order valence-electron chi connectivity index (χ0n) is 22.3. The maximum atomic E-state index is 13.2. The monoisotopic (exact) mass is 591 g/mol. The summed E-state index contributed by atoms with van der Waals surface area (Å²) in [6.45, 7) is -1.18. The molecule has 0 saturated carbocycles. The number of halogens is 3. The summed E-state index contributed by atoms with van der Waals surface area (Å²) >= 11 is 0. The molecule has 3 N–H and O–H groups in total. The molecule has 1 saturated heterocycles. The van der Waals surface area contributed by atoms with E-state index in [1.807, 2.05) is 0 Å².